The highest BCUT2D eigenvalue weighted by molar-refractivity contribution is 5.88. The first-order valence-corrected chi connectivity index (χ1v) is 12.9. The zero-order chi connectivity index (χ0) is 26.3. The molecule has 198 valence electrons. The van der Waals surface area contributed by atoms with Crippen molar-refractivity contribution in [3.63, 3.8) is 0 Å². The molecule has 1 aliphatic carbocycles. The Morgan fingerprint density at radius 1 is 1.03 bits per heavy atom. The van der Waals surface area contributed by atoms with Gasteiger partial charge in [0.1, 0.15) is 5.82 Å². The van der Waals surface area contributed by atoms with Crippen molar-refractivity contribution in [2.45, 2.75) is 38.4 Å². The number of piperidine rings is 1. The molecule has 11 nitrogen and oxygen atoms in total. The predicted molar refractivity (Wildman–Crippen MR) is 140 cm³/mol. The summed E-state index contributed by atoms with van der Waals surface area (Å²) in [5, 5.41) is 2.71. The fraction of sp³-hybridized carbons (Fsp3) is 0.538. The Balaban J connectivity index is 1.17. The normalized spacial score (nSPS) is 23.9. The number of urea groups is 1. The van der Waals surface area contributed by atoms with E-state index in [-0.39, 0.29) is 17.8 Å². The Morgan fingerprint density at radius 3 is 2.32 bits per heavy atom. The summed E-state index contributed by atoms with van der Waals surface area (Å²) < 4.78 is 1.45. The van der Waals surface area contributed by atoms with Crippen LogP contribution >= 0.6 is 0 Å². The Bertz CT molecular complexity index is 1210. The Kier molecular flexibility index (Phi) is 6.78. The van der Waals surface area contributed by atoms with Crippen LogP contribution in [0.3, 0.4) is 0 Å². The molecule has 3 aliphatic rings. The smallest absolute Gasteiger partial charge is 0.339 e. The molecular weight excluding hydrogens is 472 g/mol. The van der Waals surface area contributed by atoms with Crippen LogP contribution in [0.2, 0.25) is 0 Å². The van der Waals surface area contributed by atoms with E-state index in [2.05, 4.69) is 15.2 Å². The lowest BCUT2D eigenvalue weighted by atomic mass is 10.1. The van der Waals surface area contributed by atoms with Gasteiger partial charge in [0, 0.05) is 58.1 Å². The van der Waals surface area contributed by atoms with Crippen molar-refractivity contribution in [2.75, 3.05) is 44.6 Å². The zero-order valence-corrected chi connectivity index (χ0v) is 21.5. The number of anilines is 1. The molecule has 5 rings (SSSR count). The van der Waals surface area contributed by atoms with E-state index in [0.29, 0.717) is 56.2 Å². The van der Waals surface area contributed by atoms with Crippen molar-refractivity contribution in [1.29, 1.82) is 0 Å². The molecule has 0 radical (unpaired) electrons. The summed E-state index contributed by atoms with van der Waals surface area (Å²) in [5.74, 6) is 1.37. The third-order valence-electron chi connectivity index (χ3n) is 7.62. The van der Waals surface area contributed by atoms with Crippen LogP contribution in [-0.2, 0) is 11.3 Å². The van der Waals surface area contributed by atoms with E-state index in [1.54, 1.807) is 35.9 Å². The van der Waals surface area contributed by atoms with Crippen molar-refractivity contribution in [3.05, 3.63) is 52.6 Å². The highest BCUT2D eigenvalue weighted by atomic mass is 16.2. The Morgan fingerprint density at radius 2 is 1.68 bits per heavy atom. The topological polar surface area (TPSA) is 143 Å². The molecule has 3 heterocycles. The van der Waals surface area contributed by atoms with Gasteiger partial charge in [-0.2, -0.15) is 4.98 Å². The maximum absolute atomic E-state index is 12.8. The Labute approximate surface area is 216 Å². The number of amides is 3. The average molecular weight is 509 g/mol. The summed E-state index contributed by atoms with van der Waals surface area (Å²) in [6, 6.07) is 9.52. The number of aromatic nitrogens is 2. The van der Waals surface area contributed by atoms with Gasteiger partial charge in [-0.05, 0) is 55.9 Å². The first-order chi connectivity index (χ1) is 17.6. The minimum absolute atomic E-state index is 0.134. The number of rotatable bonds is 5. The number of nitrogens with two attached hydrogens (primary N) is 2. The molecule has 1 saturated carbocycles. The number of benzene rings is 1. The summed E-state index contributed by atoms with van der Waals surface area (Å²) in [5.41, 5.74) is 12.5. The number of fused-ring (bicyclic) bond motifs is 1. The first-order valence-electron chi connectivity index (χ1n) is 12.9. The number of nitrogens with zero attached hydrogens (tertiary/aromatic N) is 5. The maximum Gasteiger partial charge on any atom is 0.354 e. The van der Waals surface area contributed by atoms with Gasteiger partial charge in [0.25, 0.3) is 0 Å². The molecule has 5 N–H and O–H groups in total. The average Bonchev–Trinajstić information content (AvgIpc) is 3.35. The minimum atomic E-state index is -0.950. The SMILES string of the molecule is CC(C)(N)C(=O)N1CCCN(C(=O)Nc2ccn(-c3ccc(CN4C[C@@H]5[C@@H](N)[C@@H]5C4)cc3)c(=O)n2)CC1. The lowest BCUT2D eigenvalue weighted by molar-refractivity contribution is -0.135. The molecule has 3 amide bonds. The van der Waals surface area contributed by atoms with Crippen LogP contribution in [0, 0.1) is 11.8 Å². The molecule has 37 heavy (non-hydrogen) atoms. The second kappa shape index (κ2) is 9.88. The highest BCUT2D eigenvalue weighted by Gasteiger charge is 2.53. The van der Waals surface area contributed by atoms with E-state index in [4.69, 9.17) is 11.5 Å². The molecule has 1 aromatic carbocycles. The van der Waals surface area contributed by atoms with Crippen LogP contribution in [-0.4, -0.2) is 87.0 Å². The van der Waals surface area contributed by atoms with Crippen molar-refractivity contribution in [2.24, 2.45) is 23.3 Å². The minimum Gasteiger partial charge on any atom is -0.339 e. The molecule has 0 bridgehead atoms. The number of carbonyl (C=O) groups excluding carboxylic acids is 2. The third-order valence-corrected chi connectivity index (χ3v) is 7.62. The van der Waals surface area contributed by atoms with Gasteiger partial charge in [0.15, 0.2) is 0 Å². The molecular formula is C26H36N8O3. The second-order valence-electron chi connectivity index (χ2n) is 11.0. The molecule has 2 aromatic rings. The van der Waals surface area contributed by atoms with E-state index >= 15 is 0 Å². The van der Waals surface area contributed by atoms with Gasteiger partial charge in [-0.3, -0.25) is 19.6 Å². The van der Waals surface area contributed by atoms with Crippen LogP contribution in [0.1, 0.15) is 25.8 Å². The molecule has 11 heteroatoms. The number of hydrogen-bond donors (Lipinski definition) is 3. The number of likely N-dealkylation sites (tertiary alicyclic amines) is 1. The van der Waals surface area contributed by atoms with Crippen molar-refractivity contribution >= 4 is 17.8 Å². The highest BCUT2D eigenvalue weighted by Crippen LogP contribution is 2.44. The molecule has 3 atom stereocenters. The summed E-state index contributed by atoms with van der Waals surface area (Å²) in [4.78, 5) is 47.8. The van der Waals surface area contributed by atoms with Crippen molar-refractivity contribution < 1.29 is 9.59 Å². The van der Waals surface area contributed by atoms with Crippen LogP contribution < -0.4 is 22.5 Å². The van der Waals surface area contributed by atoms with Crippen LogP contribution in [0.25, 0.3) is 5.69 Å². The monoisotopic (exact) mass is 508 g/mol. The molecule has 2 saturated heterocycles. The second-order valence-corrected chi connectivity index (χ2v) is 11.0. The lowest BCUT2D eigenvalue weighted by Crippen LogP contribution is -2.52. The van der Waals surface area contributed by atoms with Gasteiger partial charge in [-0.1, -0.05) is 12.1 Å². The standard InChI is InChI=1S/C26H36N8O3/c1-26(2,28)23(35)32-9-3-10-33(13-12-32)24(36)29-21-8-11-34(25(37)30-21)18-6-4-17(5-7-18)14-31-15-19-20(16-31)22(19)27/h4-8,11,19-20,22H,3,9-10,12-16,27-28H2,1-2H3,(H,29,30,36,37)/t19-,20+,22+. The van der Waals surface area contributed by atoms with E-state index in [1.807, 2.05) is 24.3 Å². The molecule has 1 aromatic heterocycles. The fourth-order valence-corrected chi connectivity index (χ4v) is 5.40. The van der Waals surface area contributed by atoms with E-state index in [9.17, 15) is 14.4 Å². The van der Waals surface area contributed by atoms with E-state index < -0.39 is 11.2 Å². The van der Waals surface area contributed by atoms with Gasteiger partial charge in [-0.25, -0.2) is 9.59 Å². The zero-order valence-electron chi connectivity index (χ0n) is 21.5. The van der Waals surface area contributed by atoms with Crippen LogP contribution in [0.5, 0.6) is 0 Å². The lowest BCUT2D eigenvalue weighted by Gasteiger charge is -2.28. The third kappa shape index (κ3) is 5.53. The summed E-state index contributed by atoms with van der Waals surface area (Å²) in [6.07, 6.45) is 2.26. The summed E-state index contributed by atoms with van der Waals surface area (Å²) >= 11 is 0. The van der Waals surface area contributed by atoms with Crippen molar-refractivity contribution in [1.82, 2.24) is 24.3 Å². The summed E-state index contributed by atoms with van der Waals surface area (Å²) in [7, 11) is 0. The quantitative estimate of drug-likeness (QED) is 0.531. The maximum atomic E-state index is 12.8. The van der Waals surface area contributed by atoms with Gasteiger partial charge in [-0.15, -0.1) is 0 Å². The van der Waals surface area contributed by atoms with E-state index in [0.717, 1.165) is 19.6 Å². The predicted octanol–water partition coefficient (Wildman–Crippen LogP) is 0.425. The Hall–Kier alpha value is -3.28. The number of carbonyl (C=O) groups is 2. The molecule has 0 spiro atoms. The fourth-order valence-electron chi connectivity index (χ4n) is 5.40. The van der Waals surface area contributed by atoms with Gasteiger partial charge in [0.2, 0.25) is 5.91 Å². The van der Waals surface area contributed by atoms with Crippen molar-refractivity contribution in [3.8, 4) is 5.69 Å². The van der Waals surface area contributed by atoms with E-state index in [1.165, 1.54) is 10.1 Å². The largest absolute Gasteiger partial charge is 0.354 e. The number of nitrogens with one attached hydrogen (secondary N) is 1. The van der Waals surface area contributed by atoms with Gasteiger partial charge >= 0.3 is 11.7 Å². The first kappa shape index (κ1) is 25.4. The van der Waals surface area contributed by atoms with Crippen LogP contribution in [0.4, 0.5) is 10.6 Å². The number of hydrogen-bond acceptors (Lipinski definition) is 7. The van der Waals surface area contributed by atoms with Crippen LogP contribution in [0.15, 0.2) is 41.3 Å². The summed E-state index contributed by atoms with van der Waals surface area (Å²) in [6.45, 7) is 8.18. The van der Waals surface area contributed by atoms with Gasteiger partial charge in [0.05, 0.1) is 11.2 Å². The van der Waals surface area contributed by atoms with Gasteiger partial charge < -0.3 is 21.3 Å². The molecule has 2 aliphatic heterocycles. The molecule has 3 fully saturated rings. The molecule has 0 unspecified atom stereocenters.